The molecule has 2 aromatic carbocycles. The van der Waals surface area contributed by atoms with Gasteiger partial charge in [0.25, 0.3) is 5.91 Å². The third-order valence-corrected chi connectivity index (χ3v) is 6.10. The summed E-state index contributed by atoms with van der Waals surface area (Å²) in [4.78, 5) is 34.1. The van der Waals surface area contributed by atoms with E-state index >= 15 is 0 Å². The Hall–Kier alpha value is -3.45. The Kier molecular flexibility index (Phi) is 4.63. The summed E-state index contributed by atoms with van der Waals surface area (Å²) in [7, 11) is 0. The van der Waals surface area contributed by atoms with Crippen molar-refractivity contribution in [1.82, 2.24) is 20.1 Å². The molecule has 0 bridgehead atoms. The molecule has 31 heavy (non-hydrogen) atoms. The van der Waals surface area contributed by atoms with Crippen molar-refractivity contribution in [2.45, 2.75) is 12.2 Å². The molecule has 3 heterocycles. The molecule has 156 valence electrons. The Morgan fingerprint density at radius 1 is 1.10 bits per heavy atom. The van der Waals surface area contributed by atoms with Gasteiger partial charge in [-0.15, -0.1) is 0 Å². The summed E-state index contributed by atoms with van der Waals surface area (Å²) < 4.78 is 13.2. The maximum Gasteiger partial charge on any atom is 0.320 e. The van der Waals surface area contributed by atoms with E-state index in [-0.39, 0.29) is 24.3 Å². The smallest absolute Gasteiger partial charge is 0.320 e. The molecular formula is C23H18ClFN4O2. The third kappa shape index (κ3) is 2.96. The molecule has 0 aliphatic carbocycles. The zero-order chi connectivity index (χ0) is 21.6. The highest BCUT2D eigenvalue weighted by molar-refractivity contribution is 6.30. The molecule has 1 saturated heterocycles. The van der Waals surface area contributed by atoms with Crippen LogP contribution in [0.4, 0.5) is 9.18 Å². The van der Waals surface area contributed by atoms with Gasteiger partial charge in [-0.25, -0.2) is 9.18 Å². The van der Waals surface area contributed by atoms with Crippen LogP contribution in [0, 0.1) is 5.82 Å². The average Bonchev–Trinajstić information content (AvgIpc) is 3.29. The van der Waals surface area contributed by atoms with Crippen molar-refractivity contribution in [3.05, 3.63) is 100 Å². The number of carbonyl (C=O) groups excluding carboxylic acids is 2. The molecule has 0 saturated carbocycles. The maximum absolute atomic E-state index is 13.3. The number of halogens is 2. The van der Waals surface area contributed by atoms with Crippen LogP contribution in [-0.2, 0) is 12.2 Å². The third-order valence-electron chi connectivity index (χ3n) is 5.85. The Morgan fingerprint density at radius 2 is 1.84 bits per heavy atom. The summed E-state index contributed by atoms with van der Waals surface area (Å²) in [5, 5.41) is 3.47. The monoisotopic (exact) mass is 436 g/mol. The van der Waals surface area contributed by atoms with Crippen molar-refractivity contribution in [3.63, 3.8) is 0 Å². The van der Waals surface area contributed by atoms with Crippen LogP contribution in [-0.4, -0.2) is 39.8 Å². The molecule has 2 aliphatic rings. The summed E-state index contributed by atoms with van der Waals surface area (Å²) >= 11 is 6.10. The van der Waals surface area contributed by atoms with Crippen LogP contribution in [0.15, 0.2) is 67.0 Å². The van der Waals surface area contributed by atoms with Crippen molar-refractivity contribution in [2.75, 3.05) is 13.1 Å². The molecule has 3 aromatic rings. The van der Waals surface area contributed by atoms with E-state index in [1.807, 2.05) is 12.1 Å². The van der Waals surface area contributed by atoms with Gasteiger partial charge in [-0.2, -0.15) is 0 Å². The lowest BCUT2D eigenvalue weighted by Gasteiger charge is -2.40. The summed E-state index contributed by atoms with van der Waals surface area (Å²) in [6.45, 7) is 0.984. The maximum atomic E-state index is 13.3. The van der Waals surface area contributed by atoms with Crippen LogP contribution in [0.1, 0.15) is 27.0 Å². The molecule has 0 radical (unpaired) electrons. The normalized spacial score (nSPS) is 19.4. The minimum absolute atomic E-state index is 0.138. The van der Waals surface area contributed by atoms with Crippen LogP contribution in [0.5, 0.6) is 0 Å². The molecule has 2 aliphatic heterocycles. The molecule has 1 unspecified atom stereocenters. The molecule has 1 N–H and O–H groups in total. The quantitative estimate of drug-likeness (QED) is 0.680. The van der Waals surface area contributed by atoms with Crippen molar-refractivity contribution in [1.29, 1.82) is 0 Å². The lowest BCUT2D eigenvalue weighted by Crippen LogP contribution is -2.54. The minimum atomic E-state index is -1.10. The first-order valence-corrected chi connectivity index (χ1v) is 10.2. The summed E-state index contributed by atoms with van der Waals surface area (Å²) in [6, 6.07) is 14.5. The second-order valence-electron chi connectivity index (χ2n) is 7.49. The number of hydrogen-bond donors (Lipinski definition) is 1. The van der Waals surface area contributed by atoms with E-state index in [4.69, 9.17) is 11.6 Å². The highest BCUT2D eigenvalue weighted by Gasteiger charge is 2.59. The van der Waals surface area contributed by atoms with Crippen molar-refractivity contribution < 1.29 is 14.0 Å². The lowest BCUT2D eigenvalue weighted by molar-refractivity contribution is 0.0544. The number of rotatable bonds is 3. The van der Waals surface area contributed by atoms with Crippen molar-refractivity contribution in [3.8, 4) is 0 Å². The molecule has 8 heteroatoms. The number of aromatic nitrogens is 1. The van der Waals surface area contributed by atoms with Crippen LogP contribution in [0.25, 0.3) is 0 Å². The van der Waals surface area contributed by atoms with Gasteiger partial charge in [0.15, 0.2) is 5.66 Å². The van der Waals surface area contributed by atoms with Gasteiger partial charge in [0, 0.05) is 48.2 Å². The van der Waals surface area contributed by atoms with Crippen LogP contribution >= 0.6 is 11.6 Å². The average molecular weight is 437 g/mol. The van der Waals surface area contributed by atoms with E-state index in [1.165, 1.54) is 12.1 Å². The second-order valence-corrected chi connectivity index (χ2v) is 7.93. The Labute approximate surface area is 183 Å². The Morgan fingerprint density at radius 3 is 2.58 bits per heavy atom. The fourth-order valence-electron chi connectivity index (χ4n) is 4.49. The molecule has 1 aromatic heterocycles. The van der Waals surface area contributed by atoms with Gasteiger partial charge in [-0.3, -0.25) is 14.7 Å². The van der Waals surface area contributed by atoms with E-state index in [9.17, 15) is 14.0 Å². The van der Waals surface area contributed by atoms with Gasteiger partial charge in [0.05, 0.1) is 5.56 Å². The molecule has 1 fully saturated rings. The number of carbonyl (C=O) groups is 2. The molecular weight excluding hydrogens is 419 g/mol. The zero-order valence-electron chi connectivity index (χ0n) is 16.4. The number of urea groups is 1. The predicted molar refractivity (Wildman–Crippen MR) is 113 cm³/mol. The number of amides is 3. The number of benzene rings is 2. The Bertz CT molecular complexity index is 1170. The number of hydrogen-bond acceptors (Lipinski definition) is 3. The van der Waals surface area contributed by atoms with E-state index in [0.717, 1.165) is 11.1 Å². The van der Waals surface area contributed by atoms with Gasteiger partial charge in [-0.1, -0.05) is 35.9 Å². The van der Waals surface area contributed by atoms with Crippen molar-refractivity contribution in [2.24, 2.45) is 0 Å². The van der Waals surface area contributed by atoms with E-state index in [2.05, 4.69) is 10.3 Å². The van der Waals surface area contributed by atoms with Crippen LogP contribution in [0.3, 0.4) is 0 Å². The highest BCUT2D eigenvalue weighted by Crippen LogP contribution is 2.49. The van der Waals surface area contributed by atoms with Gasteiger partial charge < -0.3 is 10.2 Å². The van der Waals surface area contributed by atoms with Gasteiger partial charge in [0.1, 0.15) is 5.82 Å². The van der Waals surface area contributed by atoms with E-state index in [1.54, 1.807) is 52.5 Å². The standard InChI is InChI=1S/C23H18ClFN4O2/c24-17-5-3-16(4-6-17)23-20-14-26-10-9-19(20)21(30)28(23)11-12-29(23)22(31)27-13-15-1-7-18(25)8-2-15/h1-10,14H,11-13H2,(H,27,31). The molecule has 1 atom stereocenters. The van der Waals surface area contributed by atoms with Gasteiger partial charge in [0.2, 0.25) is 0 Å². The number of nitrogens with one attached hydrogen (secondary N) is 1. The first-order chi connectivity index (χ1) is 15.0. The summed E-state index contributed by atoms with van der Waals surface area (Å²) in [5.74, 6) is -0.471. The fourth-order valence-corrected chi connectivity index (χ4v) is 4.61. The number of fused-ring (bicyclic) bond motifs is 3. The molecule has 0 spiro atoms. The topological polar surface area (TPSA) is 65.5 Å². The number of nitrogens with zero attached hydrogens (tertiary/aromatic N) is 3. The van der Waals surface area contributed by atoms with Crippen molar-refractivity contribution >= 4 is 23.5 Å². The SMILES string of the molecule is O=C(NCc1ccc(F)cc1)N1CCN2C(=O)c3ccncc3C12c1ccc(Cl)cc1. The predicted octanol–water partition coefficient (Wildman–Crippen LogP) is 3.76. The summed E-state index contributed by atoms with van der Waals surface area (Å²) in [5.41, 5.74) is 1.62. The summed E-state index contributed by atoms with van der Waals surface area (Å²) in [6.07, 6.45) is 3.22. The lowest BCUT2D eigenvalue weighted by atomic mass is 9.91. The van der Waals surface area contributed by atoms with Gasteiger partial charge >= 0.3 is 6.03 Å². The van der Waals surface area contributed by atoms with Crippen LogP contribution < -0.4 is 5.32 Å². The minimum Gasteiger partial charge on any atom is -0.334 e. The van der Waals surface area contributed by atoms with E-state index < -0.39 is 5.66 Å². The first kappa shape index (κ1) is 19.5. The van der Waals surface area contributed by atoms with Gasteiger partial charge in [-0.05, 0) is 35.9 Å². The van der Waals surface area contributed by atoms with E-state index in [0.29, 0.717) is 29.2 Å². The molecule has 6 nitrogen and oxygen atoms in total. The molecule has 5 rings (SSSR count). The largest absolute Gasteiger partial charge is 0.334 e. The zero-order valence-corrected chi connectivity index (χ0v) is 17.1. The Balaban J connectivity index is 1.55. The number of pyridine rings is 1. The van der Waals surface area contributed by atoms with Crippen LogP contribution in [0.2, 0.25) is 5.02 Å². The first-order valence-electron chi connectivity index (χ1n) is 9.84. The highest BCUT2D eigenvalue weighted by atomic mass is 35.5. The fraction of sp³-hybridized carbons (Fsp3) is 0.174. The second kappa shape index (κ2) is 7.35. The molecule has 3 amide bonds.